The third kappa shape index (κ3) is 2.25. The maximum Gasteiger partial charge on any atom is 0.246 e. The van der Waals surface area contributed by atoms with Crippen LogP contribution in [0.5, 0.6) is 0 Å². The van der Waals surface area contributed by atoms with Crippen molar-refractivity contribution in [2.45, 2.75) is 25.6 Å². The molecule has 0 radical (unpaired) electrons. The molecule has 1 aliphatic heterocycles. The number of aromatic amines is 1. The predicted octanol–water partition coefficient (Wildman–Crippen LogP) is -0.637. The van der Waals surface area contributed by atoms with Gasteiger partial charge in [-0.2, -0.15) is 4.98 Å². The van der Waals surface area contributed by atoms with E-state index >= 15 is 0 Å². The van der Waals surface area contributed by atoms with Gasteiger partial charge in [0, 0.05) is 13.1 Å². The van der Waals surface area contributed by atoms with Gasteiger partial charge in [0.25, 0.3) is 0 Å². The average molecular weight is 227 g/mol. The maximum atomic E-state index is 9.17. The van der Waals surface area contributed by atoms with Gasteiger partial charge in [-0.05, 0) is 13.8 Å². The quantitative estimate of drug-likeness (QED) is 0.621. The fourth-order valence-electron chi connectivity index (χ4n) is 1.95. The second-order valence-electron chi connectivity index (χ2n) is 4.58. The van der Waals surface area contributed by atoms with Gasteiger partial charge >= 0.3 is 0 Å². The third-order valence-electron chi connectivity index (χ3n) is 2.46. The molecule has 0 amide bonds. The van der Waals surface area contributed by atoms with Crippen LogP contribution in [0.3, 0.4) is 0 Å². The zero-order valence-corrected chi connectivity index (χ0v) is 9.47. The van der Waals surface area contributed by atoms with Crippen LogP contribution in [-0.4, -0.2) is 51.7 Å². The molecule has 90 valence electrons. The lowest BCUT2D eigenvalue weighted by molar-refractivity contribution is -0.101. The Hall–Kier alpha value is -1.34. The van der Waals surface area contributed by atoms with Crippen molar-refractivity contribution in [3.05, 3.63) is 0 Å². The SMILES string of the molecule is CC1(C)CN(c2n[nH]c(N)n2)CC(CO)O1. The van der Waals surface area contributed by atoms with Gasteiger partial charge in [0.2, 0.25) is 11.9 Å². The molecule has 1 aromatic rings. The molecule has 1 saturated heterocycles. The summed E-state index contributed by atoms with van der Waals surface area (Å²) in [6, 6.07) is 0. The van der Waals surface area contributed by atoms with Crippen LogP contribution in [0.4, 0.5) is 11.9 Å². The van der Waals surface area contributed by atoms with Crippen molar-refractivity contribution < 1.29 is 9.84 Å². The highest BCUT2D eigenvalue weighted by Gasteiger charge is 2.34. The first-order valence-electron chi connectivity index (χ1n) is 5.22. The summed E-state index contributed by atoms with van der Waals surface area (Å²) in [7, 11) is 0. The molecular weight excluding hydrogens is 210 g/mol. The Kier molecular flexibility index (Phi) is 2.73. The molecule has 1 aromatic heterocycles. The Morgan fingerprint density at radius 3 is 3.00 bits per heavy atom. The maximum absolute atomic E-state index is 9.17. The van der Waals surface area contributed by atoms with Crippen molar-refractivity contribution in [2.24, 2.45) is 0 Å². The van der Waals surface area contributed by atoms with Crippen LogP contribution in [0.1, 0.15) is 13.8 Å². The van der Waals surface area contributed by atoms with Crippen LogP contribution in [0.2, 0.25) is 0 Å². The molecule has 4 N–H and O–H groups in total. The first kappa shape index (κ1) is 11.2. The number of hydrogen-bond donors (Lipinski definition) is 3. The molecule has 0 aliphatic carbocycles. The van der Waals surface area contributed by atoms with Crippen molar-refractivity contribution in [2.75, 3.05) is 30.3 Å². The molecule has 1 aliphatic rings. The van der Waals surface area contributed by atoms with Crippen LogP contribution >= 0.6 is 0 Å². The number of aromatic nitrogens is 3. The van der Waals surface area contributed by atoms with E-state index in [1.807, 2.05) is 18.7 Å². The summed E-state index contributed by atoms with van der Waals surface area (Å²) in [6.45, 7) is 5.16. The molecule has 2 heterocycles. The molecule has 2 rings (SSSR count). The van der Waals surface area contributed by atoms with E-state index in [9.17, 15) is 0 Å². The normalized spacial score (nSPS) is 24.7. The van der Waals surface area contributed by atoms with Gasteiger partial charge in [0.15, 0.2) is 0 Å². The van der Waals surface area contributed by atoms with E-state index in [0.29, 0.717) is 25.0 Å². The van der Waals surface area contributed by atoms with Crippen LogP contribution in [-0.2, 0) is 4.74 Å². The highest BCUT2D eigenvalue weighted by atomic mass is 16.5. The monoisotopic (exact) mass is 227 g/mol. The number of H-pyrrole nitrogens is 1. The van der Waals surface area contributed by atoms with Gasteiger partial charge in [-0.15, -0.1) is 5.10 Å². The van der Waals surface area contributed by atoms with E-state index < -0.39 is 0 Å². The minimum atomic E-state index is -0.332. The summed E-state index contributed by atoms with van der Waals surface area (Å²) >= 11 is 0. The first-order chi connectivity index (χ1) is 7.50. The largest absolute Gasteiger partial charge is 0.394 e. The summed E-state index contributed by atoms with van der Waals surface area (Å²) in [5, 5.41) is 15.8. The number of hydrogen-bond acceptors (Lipinski definition) is 6. The first-order valence-corrected chi connectivity index (χ1v) is 5.22. The van der Waals surface area contributed by atoms with Crippen molar-refractivity contribution in [3.63, 3.8) is 0 Å². The van der Waals surface area contributed by atoms with E-state index in [2.05, 4.69) is 15.2 Å². The number of aliphatic hydroxyl groups excluding tert-OH is 1. The Bertz CT molecular complexity index is 365. The third-order valence-corrected chi connectivity index (χ3v) is 2.46. The molecule has 0 aromatic carbocycles. The lowest BCUT2D eigenvalue weighted by atomic mass is 10.1. The number of nitrogens with one attached hydrogen (secondary N) is 1. The molecule has 0 spiro atoms. The van der Waals surface area contributed by atoms with Crippen LogP contribution < -0.4 is 10.6 Å². The fourth-order valence-corrected chi connectivity index (χ4v) is 1.95. The number of nitrogens with two attached hydrogens (primary N) is 1. The van der Waals surface area contributed by atoms with Crippen molar-refractivity contribution >= 4 is 11.9 Å². The summed E-state index contributed by atoms with van der Waals surface area (Å²) in [5.74, 6) is 0.840. The second-order valence-corrected chi connectivity index (χ2v) is 4.58. The molecule has 1 atom stereocenters. The molecular formula is C9H17N5O2. The summed E-state index contributed by atoms with van der Waals surface area (Å²) in [6.07, 6.45) is -0.219. The van der Waals surface area contributed by atoms with E-state index in [1.54, 1.807) is 0 Å². The Morgan fingerprint density at radius 2 is 2.44 bits per heavy atom. The number of nitrogens with zero attached hydrogens (tertiary/aromatic N) is 3. The highest BCUT2D eigenvalue weighted by Crippen LogP contribution is 2.23. The lowest BCUT2D eigenvalue weighted by Gasteiger charge is -2.41. The highest BCUT2D eigenvalue weighted by molar-refractivity contribution is 5.35. The van der Waals surface area contributed by atoms with Gasteiger partial charge < -0.3 is 20.5 Å². The zero-order chi connectivity index (χ0) is 11.8. The Balaban J connectivity index is 2.15. The molecule has 0 bridgehead atoms. The molecule has 7 nitrogen and oxygen atoms in total. The Morgan fingerprint density at radius 1 is 1.69 bits per heavy atom. The van der Waals surface area contributed by atoms with Crippen molar-refractivity contribution in [1.29, 1.82) is 0 Å². The van der Waals surface area contributed by atoms with Gasteiger partial charge in [0.1, 0.15) is 0 Å². The number of nitrogen functional groups attached to an aromatic ring is 1. The van der Waals surface area contributed by atoms with Gasteiger partial charge in [0.05, 0.1) is 18.3 Å². The molecule has 16 heavy (non-hydrogen) atoms. The minimum Gasteiger partial charge on any atom is -0.394 e. The van der Waals surface area contributed by atoms with E-state index in [4.69, 9.17) is 15.6 Å². The van der Waals surface area contributed by atoms with Crippen molar-refractivity contribution in [1.82, 2.24) is 15.2 Å². The van der Waals surface area contributed by atoms with E-state index in [1.165, 1.54) is 0 Å². The summed E-state index contributed by atoms with van der Waals surface area (Å²) in [4.78, 5) is 6.02. The van der Waals surface area contributed by atoms with Gasteiger partial charge in [-0.25, -0.2) is 5.10 Å². The number of ether oxygens (including phenoxy) is 1. The molecule has 1 fully saturated rings. The smallest absolute Gasteiger partial charge is 0.246 e. The standard InChI is InChI=1S/C9H17N5O2/c1-9(2)5-14(3-6(4-15)16-9)8-11-7(10)12-13-8/h6,15H,3-5H2,1-2H3,(H3,10,11,12,13). The summed E-state index contributed by atoms with van der Waals surface area (Å²) < 4.78 is 5.69. The predicted molar refractivity (Wildman–Crippen MR) is 59.0 cm³/mol. The Labute approximate surface area is 93.6 Å². The number of morpholine rings is 1. The second kappa shape index (κ2) is 3.91. The topological polar surface area (TPSA) is 100 Å². The zero-order valence-electron chi connectivity index (χ0n) is 9.47. The number of anilines is 2. The average Bonchev–Trinajstić information content (AvgIpc) is 2.62. The molecule has 1 unspecified atom stereocenters. The van der Waals surface area contributed by atoms with E-state index in [0.717, 1.165) is 0 Å². The van der Waals surface area contributed by atoms with Crippen molar-refractivity contribution in [3.8, 4) is 0 Å². The fraction of sp³-hybridized carbons (Fsp3) is 0.778. The lowest BCUT2D eigenvalue weighted by Crippen LogP contribution is -2.54. The number of rotatable bonds is 2. The van der Waals surface area contributed by atoms with Crippen LogP contribution in [0.25, 0.3) is 0 Å². The molecule has 0 saturated carbocycles. The van der Waals surface area contributed by atoms with Gasteiger partial charge in [-0.1, -0.05) is 0 Å². The van der Waals surface area contributed by atoms with Crippen LogP contribution in [0, 0.1) is 0 Å². The number of aliphatic hydroxyl groups is 1. The van der Waals surface area contributed by atoms with Crippen LogP contribution in [0.15, 0.2) is 0 Å². The summed E-state index contributed by atoms with van der Waals surface area (Å²) in [5.41, 5.74) is 5.15. The van der Waals surface area contributed by atoms with E-state index in [-0.39, 0.29) is 18.3 Å². The molecule has 7 heteroatoms. The minimum absolute atomic E-state index is 0.0141. The van der Waals surface area contributed by atoms with Gasteiger partial charge in [-0.3, -0.25) is 0 Å².